The molecule has 0 aliphatic carbocycles. The van der Waals surface area contributed by atoms with Crippen LogP contribution in [0, 0.1) is 0 Å². The van der Waals surface area contributed by atoms with Crippen LogP contribution in [0.5, 0.6) is 5.75 Å². The quantitative estimate of drug-likeness (QED) is 0.810. The second-order valence-electron chi connectivity index (χ2n) is 3.24. The summed E-state index contributed by atoms with van der Waals surface area (Å²) in [5, 5.41) is 0. The molecule has 0 radical (unpaired) electrons. The Labute approximate surface area is 87.6 Å². The van der Waals surface area contributed by atoms with Gasteiger partial charge in [0.15, 0.2) is 0 Å². The first kappa shape index (κ1) is 10.5. The molecular formula is C10H14BrNO. The van der Waals surface area contributed by atoms with E-state index in [0.717, 1.165) is 16.8 Å². The van der Waals surface area contributed by atoms with E-state index in [1.807, 2.05) is 26.2 Å². The third-order valence-corrected chi connectivity index (χ3v) is 2.12. The molecule has 1 aromatic carbocycles. The van der Waals surface area contributed by atoms with Gasteiger partial charge in [-0.05, 0) is 37.9 Å². The number of methoxy groups -OCH3 is 1. The maximum Gasteiger partial charge on any atom is 0.120 e. The Morgan fingerprint density at radius 2 is 2.00 bits per heavy atom. The third-order valence-electron chi connectivity index (χ3n) is 1.67. The summed E-state index contributed by atoms with van der Waals surface area (Å²) in [4.78, 5) is 2.13. The van der Waals surface area contributed by atoms with Crippen molar-refractivity contribution in [1.29, 1.82) is 0 Å². The highest BCUT2D eigenvalue weighted by Crippen LogP contribution is 2.21. The van der Waals surface area contributed by atoms with E-state index in [1.54, 1.807) is 7.11 Å². The molecule has 3 heteroatoms. The van der Waals surface area contributed by atoms with E-state index in [-0.39, 0.29) is 0 Å². The van der Waals surface area contributed by atoms with Gasteiger partial charge < -0.3 is 9.64 Å². The van der Waals surface area contributed by atoms with Crippen molar-refractivity contribution in [3.8, 4) is 5.75 Å². The van der Waals surface area contributed by atoms with Gasteiger partial charge in [0.2, 0.25) is 0 Å². The maximum atomic E-state index is 5.17. The van der Waals surface area contributed by atoms with E-state index in [9.17, 15) is 0 Å². The average Bonchev–Trinajstić information content (AvgIpc) is 2.01. The molecule has 0 saturated carbocycles. The lowest BCUT2D eigenvalue weighted by molar-refractivity contribution is 0.395. The lowest BCUT2D eigenvalue weighted by Crippen LogP contribution is -2.10. The van der Waals surface area contributed by atoms with Crippen LogP contribution in [0.1, 0.15) is 5.56 Å². The number of nitrogens with zero attached hydrogens (tertiary/aromatic N) is 1. The van der Waals surface area contributed by atoms with E-state index in [2.05, 4.69) is 26.9 Å². The fraction of sp³-hybridized carbons (Fsp3) is 0.400. The van der Waals surface area contributed by atoms with Gasteiger partial charge in [0.05, 0.1) is 7.11 Å². The van der Waals surface area contributed by atoms with Crippen LogP contribution in [0.4, 0.5) is 0 Å². The van der Waals surface area contributed by atoms with E-state index in [4.69, 9.17) is 4.74 Å². The monoisotopic (exact) mass is 243 g/mol. The second kappa shape index (κ2) is 4.63. The Balaban J connectivity index is 2.88. The molecule has 0 aromatic heterocycles. The predicted molar refractivity (Wildman–Crippen MR) is 58.1 cm³/mol. The van der Waals surface area contributed by atoms with Gasteiger partial charge in [-0.3, -0.25) is 0 Å². The van der Waals surface area contributed by atoms with Gasteiger partial charge in [0.1, 0.15) is 5.75 Å². The summed E-state index contributed by atoms with van der Waals surface area (Å²) >= 11 is 3.45. The predicted octanol–water partition coefficient (Wildman–Crippen LogP) is 2.52. The SMILES string of the molecule is COc1cc(Br)cc(CN(C)C)c1. The molecule has 1 aromatic rings. The minimum absolute atomic E-state index is 0.895. The smallest absolute Gasteiger partial charge is 0.120 e. The molecule has 0 heterocycles. The molecule has 0 amide bonds. The topological polar surface area (TPSA) is 12.5 Å². The van der Waals surface area contributed by atoms with Crippen molar-refractivity contribution in [2.24, 2.45) is 0 Å². The first-order chi connectivity index (χ1) is 6.11. The van der Waals surface area contributed by atoms with Crippen molar-refractivity contribution in [3.05, 3.63) is 28.2 Å². The number of benzene rings is 1. The van der Waals surface area contributed by atoms with Crippen molar-refractivity contribution in [1.82, 2.24) is 4.90 Å². The van der Waals surface area contributed by atoms with Crippen LogP contribution in [0.15, 0.2) is 22.7 Å². The van der Waals surface area contributed by atoms with Crippen LogP contribution < -0.4 is 4.74 Å². The number of hydrogen-bond donors (Lipinski definition) is 0. The molecule has 0 spiro atoms. The Morgan fingerprint density at radius 3 is 2.54 bits per heavy atom. The zero-order valence-electron chi connectivity index (χ0n) is 8.17. The number of halogens is 1. The summed E-state index contributed by atoms with van der Waals surface area (Å²) in [6, 6.07) is 6.10. The summed E-state index contributed by atoms with van der Waals surface area (Å²) in [7, 11) is 5.78. The zero-order chi connectivity index (χ0) is 9.84. The maximum absolute atomic E-state index is 5.17. The van der Waals surface area contributed by atoms with Gasteiger partial charge in [-0.2, -0.15) is 0 Å². The molecule has 13 heavy (non-hydrogen) atoms. The van der Waals surface area contributed by atoms with Crippen molar-refractivity contribution in [2.45, 2.75) is 6.54 Å². The van der Waals surface area contributed by atoms with Crippen molar-refractivity contribution in [2.75, 3.05) is 21.2 Å². The minimum Gasteiger partial charge on any atom is -0.497 e. The molecule has 0 atom stereocenters. The molecule has 0 saturated heterocycles. The Morgan fingerprint density at radius 1 is 1.31 bits per heavy atom. The Hall–Kier alpha value is -0.540. The molecule has 0 bridgehead atoms. The Kier molecular flexibility index (Phi) is 3.75. The molecule has 0 N–H and O–H groups in total. The van der Waals surface area contributed by atoms with Gasteiger partial charge in [0, 0.05) is 11.0 Å². The van der Waals surface area contributed by atoms with Gasteiger partial charge in [-0.15, -0.1) is 0 Å². The normalized spacial score (nSPS) is 10.5. The largest absolute Gasteiger partial charge is 0.497 e. The molecule has 0 fully saturated rings. The standard InChI is InChI=1S/C10H14BrNO/c1-12(2)7-8-4-9(11)6-10(5-8)13-3/h4-6H,7H2,1-3H3. The summed E-state index contributed by atoms with van der Waals surface area (Å²) in [5.41, 5.74) is 1.25. The molecule has 72 valence electrons. The van der Waals surface area contributed by atoms with Crippen LogP contribution in [0.3, 0.4) is 0 Å². The highest BCUT2D eigenvalue weighted by atomic mass is 79.9. The van der Waals surface area contributed by atoms with Crippen molar-refractivity contribution < 1.29 is 4.74 Å². The molecule has 0 aliphatic heterocycles. The van der Waals surface area contributed by atoms with E-state index >= 15 is 0 Å². The lowest BCUT2D eigenvalue weighted by atomic mass is 10.2. The number of ether oxygens (including phenoxy) is 1. The highest BCUT2D eigenvalue weighted by Gasteiger charge is 2.00. The van der Waals surface area contributed by atoms with Crippen LogP contribution in [0.25, 0.3) is 0 Å². The van der Waals surface area contributed by atoms with E-state index < -0.39 is 0 Å². The van der Waals surface area contributed by atoms with Gasteiger partial charge >= 0.3 is 0 Å². The third kappa shape index (κ3) is 3.36. The molecular weight excluding hydrogens is 230 g/mol. The second-order valence-corrected chi connectivity index (χ2v) is 4.15. The first-order valence-electron chi connectivity index (χ1n) is 4.10. The van der Waals surface area contributed by atoms with Crippen LogP contribution in [-0.4, -0.2) is 26.1 Å². The lowest BCUT2D eigenvalue weighted by Gasteiger charge is -2.11. The van der Waals surface area contributed by atoms with E-state index in [1.165, 1.54) is 5.56 Å². The number of hydrogen-bond acceptors (Lipinski definition) is 2. The first-order valence-corrected chi connectivity index (χ1v) is 4.89. The van der Waals surface area contributed by atoms with Crippen LogP contribution in [0.2, 0.25) is 0 Å². The average molecular weight is 244 g/mol. The fourth-order valence-electron chi connectivity index (χ4n) is 1.20. The summed E-state index contributed by atoms with van der Waals surface area (Å²) in [6.45, 7) is 0.926. The summed E-state index contributed by atoms with van der Waals surface area (Å²) < 4.78 is 6.23. The highest BCUT2D eigenvalue weighted by molar-refractivity contribution is 9.10. The molecule has 1 rings (SSSR count). The summed E-state index contributed by atoms with van der Waals surface area (Å²) in [6.07, 6.45) is 0. The minimum atomic E-state index is 0.895. The van der Waals surface area contributed by atoms with Gasteiger partial charge in [-0.1, -0.05) is 15.9 Å². The van der Waals surface area contributed by atoms with Crippen LogP contribution >= 0.6 is 15.9 Å². The Bertz CT molecular complexity index is 286. The molecule has 0 aliphatic rings. The van der Waals surface area contributed by atoms with Crippen molar-refractivity contribution in [3.63, 3.8) is 0 Å². The molecule has 2 nitrogen and oxygen atoms in total. The zero-order valence-corrected chi connectivity index (χ0v) is 9.76. The van der Waals surface area contributed by atoms with Gasteiger partial charge in [0.25, 0.3) is 0 Å². The number of rotatable bonds is 3. The summed E-state index contributed by atoms with van der Waals surface area (Å²) in [5.74, 6) is 0.895. The van der Waals surface area contributed by atoms with Crippen LogP contribution in [-0.2, 0) is 6.54 Å². The fourth-order valence-corrected chi connectivity index (χ4v) is 1.71. The molecule has 0 unspecified atom stereocenters. The van der Waals surface area contributed by atoms with E-state index in [0.29, 0.717) is 0 Å². The van der Waals surface area contributed by atoms with Crippen molar-refractivity contribution >= 4 is 15.9 Å². The van der Waals surface area contributed by atoms with Gasteiger partial charge in [-0.25, -0.2) is 0 Å².